The predicted molar refractivity (Wildman–Crippen MR) is 155 cm³/mol. The van der Waals surface area contributed by atoms with Crippen molar-refractivity contribution in [3.8, 4) is 0 Å². The van der Waals surface area contributed by atoms with Gasteiger partial charge >= 0.3 is 46.9 Å². The third kappa shape index (κ3) is 21.2. The number of hydrogen-bond donors (Lipinski definition) is 9. The van der Waals surface area contributed by atoms with Gasteiger partial charge in [-0.3, -0.25) is 13.8 Å². The van der Waals surface area contributed by atoms with Gasteiger partial charge in [-0.1, -0.05) is 19.3 Å². The Morgan fingerprint density at radius 2 is 1.19 bits per heavy atom. The Hall–Kier alpha value is 0.210. The zero-order valence-corrected chi connectivity index (χ0v) is 30.1. The minimum Gasteiger partial charge on any atom is -0.388 e. The lowest BCUT2D eigenvalue weighted by atomic mass is 10.2. The summed E-state index contributed by atoms with van der Waals surface area (Å²) in [6.45, 7) is 1.84. The summed E-state index contributed by atoms with van der Waals surface area (Å²) in [5.74, 6) is -0.111. The molecule has 1 rings (SSSR count). The highest BCUT2D eigenvalue weighted by atomic mass is 31.3. The smallest absolute Gasteiger partial charge is 0.388 e. The molecular formula is C17H40N2O22P6. The van der Waals surface area contributed by atoms with Crippen molar-refractivity contribution < 1.29 is 102 Å². The molecule has 10 N–H and O–H groups in total. The summed E-state index contributed by atoms with van der Waals surface area (Å²) in [7, 11) is -36.3. The van der Waals surface area contributed by atoms with Gasteiger partial charge in [-0.25, -0.2) is 27.4 Å². The van der Waals surface area contributed by atoms with Crippen LogP contribution in [0.4, 0.5) is 0 Å². The number of aliphatic hydroxyl groups excluding tert-OH is 1. The quantitative estimate of drug-likeness (QED) is 0.0472. The highest BCUT2D eigenvalue weighted by Crippen LogP contribution is 2.75. The van der Waals surface area contributed by atoms with E-state index in [4.69, 9.17) is 10.5 Å². The monoisotopic (exact) mass is 810 g/mol. The number of amides is 1. The predicted octanol–water partition coefficient (Wildman–Crippen LogP) is 2.40. The average molecular weight is 810 g/mol. The molecule has 0 aromatic heterocycles. The summed E-state index contributed by atoms with van der Waals surface area (Å²) >= 11 is 0. The first kappa shape index (κ1) is 45.2. The van der Waals surface area contributed by atoms with E-state index in [9.17, 15) is 66.7 Å². The molecule has 47 heavy (non-hydrogen) atoms. The lowest BCUT2D eigenvalue weighted by molar-refractivity contribution is -0.121. The van der Waals surface area contributed by atoms with E-state index in [1.165, 1.54) is 6.92 Å². The molecule has 1 amide bonds. The van der Waals surface area contributed by atoms with Gasteiger partial charge in [-0.2, -0.15) is 21.6 Å². The van der Waals surface area contributed by atoms with E-state index < -0.39 is 72.0 Å². The van der Waals surface area contributed by atoms with Gasteiger partial charge in [-0.15, -0.1) is 0 Å². The van der Waals surface area contributed by atoms with Gasteiger partial charge < -0.3 is 50.3 Å². The molecule has 0 aliphatic carbocycles. The van der Waals surface area contributed by atoms with Gasteiger partial charge in [0.2, 0.25) is 5.91 Å². The van der Waals surface area contributed by atoms with Gasteiger partial charge in [0.25, 0.3) is 0 Å². The second-order valence-corrected chi connectivity index (χ2v) is 19.0. The molecule has 280 valence electrons. The largest absolute Gasteiger partial charge is 0.490 e. The molecule has 9 atom stereocenters. The average Bonchev–Trinajstić information content (AvgIpc) is 3.14. The normalized spacial score (nSPS) is 26.2. The van der Waals surface area contributed by atoms with Crippen LogP contribution in [0.25, 0.3) is 0 Å². The Kier molecular flexibility index (Phi) is 19.0. The third-order valence-electron chi connectivity index (χ3n) is 5.28. The molecule has 0 radical (unpaired) electrons. The number of unbranched alkanes of at least 4 members (excludes halogenated alkanes) is 5. The fraction of sp³-hybridized carbons (Fsp3) is 0.941. The second kappa shape index (κ2) is 19.7. The van der Waals surface area contributed by atoms with E-state index in [0.29, 0.717) is 45.2 Å². The van der Waals surface area contributed by atoms with Gasteiger partial charge in [0.1, 0.15) is 6.10 Å². The van der Waals surface area contributed by atoms with Gasteiger partial charge in [0.15, 0.2) is 6.29 Å². The highest BCUT2D eigenvalue weighted by molar-refractivity contribution is 7.72. The molecular weight excluding hydrogens is 770 g/mol. The zero-order valence-electron chi connectivity index (χ0n) is 24.7. The number of rotatable bonds is 25. The molecule has 1 aliphatic heterocycles. The minimum atomic E-state index is -6.39. The SMILES string of the molecule is C[C@H]1C[C@@H](O)[C@@H](OP(=O)(O)OP(=O)(O)OP(=O)(O)OP(=O)(O)OP(=O)(O)OP(=O)(O)OCCCCCCNC(=O)CCCCCN)O1. The van der Waals surface area contributed by atoms with Crippen LogP contribution in [0.15, 0.2) is 0 Å². The molecule has 6 unspecified atom stereocenters. The first-order valence-corrected chi connectivity index (χ1v) is 22.5. The van der Waals surface area contributed by atoms with Crippen molar-refractivity contribution in [2.24, 2.45) is 5.73 Å². The summed E-state index contributed by atoms with van der Waals surface area (Å²) in [6, 6.07) is 0. The maximum atomic E-state index is 12.0. The number of phosphoric ester groups is 2. The Bertz CT molecular complexity index is 1300. The number of carbonyl (C=O) groups is 1. The first-order valence-electron chi connectivity index (χ1n) is 13.5. The van der Waals surface area contributed by atoms with E-state index in [1.54, 1.807) is 0 Å². The molecule has 1 heterocycles. The van der Waals surface area contributed by atoms with Crippen LogP contribution in [0.2, 0.25) is 0 Å². The summed E-state index contributed by atoms with van der Waals surface area (Å²) in [4.78, 5) is 69.0. The molecule has 0 saturated carbocycles. The van der Waals surface area contributed by atoms with Gasteiger partial charge in [0.05, 0.1) is 12.7 Å². The van der Waals surface area contributed by atoms with E-state index >= 15 is 0 Å². The lowest BCUT2D eigenvalue weighted by Crippen LogP contribution is -2.24. The van der Waals surface area contributed by atoms with Crippen molar-refractivity contribution in [2.75, 3.05) is 19.7 Å². The number of phosphoric acid groups is 6. The number of nitrogens with one attached hydrogen (secondary N) is 1. The van der Waals surface area contributed by atoms with E-state index in [1.807, 2.05) is 0 Å². The van der Waals surface area contributed by atoms with Crippen LogP contribution in [0.1, 0.15) is 64.7 Å². The number of ether oxygens (including phenoxy) is 1. The zero-order chi connectivity index (χ0) is 36.2. The van der Waals surface area contributed by atoms with Crippen LogP contribution in [-0.2, 0) is 67.5 Å². The summed E-state index contributed by atoms with van der Waals surface area (Å²) in [5, 5.41) is 12.4. The summed E-state index contributed by atoms with van der Waals surface area (Å²) in [6.07, 6.45) is 0.306. The molecule has 30 heteroatoms. The van der Waals surface area contributed by atoms with Crippen LogP contribution in [0, 0.1) is 0 Å². The molecule has 1 fully saturated rings. The van der Waals surface area contributed by atoms with Gasteiger partial charge in [0, 0.05) is 19.4 Å². The Morgan fingerprint density at radius 1 is 0.723 bits per heavy atom. The van der Waals surface area contributed by atoms with Crippen molar-refractivity contribution in [3.05, 3.63) is 0 Å². The fourth-order valence-corrected chi connectivity index (χ4v) is 11.4. The van der Waals surface area contributed by atoms with Crippen LogP contribution < -0.4 is 11.1 Å². The number of carbonyl (C=O) groups excluding carboxylic acids is 1. The Balaban J connectivity index is 2.50. The van der Waals surface area contributed by atoms with E-state index in [0.717, 1.165) is 12.8 Å². The topological polar surface area (TPSA) is 373 Å². The lowest BCUT2D eigenvalue weighted by Gasteiger charge is -2.22. The van der Waals surface area contributed by atoms with Crippen molar-refractivity contribution in [2.45, 2.75) is 83.2 Å². The van der Waals surface area contributed by atoms with Crippen molar-refractivity contribution in [3.63, 3.8) is 0 Å². The van der Waals surface area contributed by atoms with E-state index in [-0.39, 0.29) is 18.7 Å². The molecule has 0 aromatic rings. The molecule has 0 aromatic carbocycles. The second-order valence-electron chi connectivity index (χ2n) is 9.64. The van der Waals surface area contributed by atoms with Crippen molar-refractivity contribution in [1.29, 1.82) is 0 Å². The highest BCUT2D eigenvalue weighted by Gasteiger charge is 2.50. The Morgan fingerprint density at radius 3 is 1.68 bits per heavy atom. The van der Waals surface area contributed by atoms with Crippen LogP contribution in [0.3, 0.4) is 0 Å². The minimum absolute atomic E-state index is 0.0835. The first-order chi connectivity index (χ1) is 21.4. The number of hydrogen-bond acceptors (Lipinski definition) is 17. The van der Waals surface area contributed by atoms with Crippen LogP contribution >= 0.6 is 46.9 Å². The van der Waals surface area contributed by atoms with E-state index in [2.05, 4.69) is 35.9 Å². The van der Waals surface area contributed by atoms with Crippen LogP contribution in [0.5, 0.6) is 0 Å². The molecule has 0 spiro atoms. The third-order valence-corrected chi connectivity index (χ3v) is 14.5. The van der Waals surface area contributed by atoms with Crippen molar-refractivity contribution >= 4 is 52.8 Å². The molecule has 24 nitrogen and oxygen atoms in total. The summed E-state index contributed by atoms with van der Waals surface area (Å²) in [5.41, 5.74) is 5.38. The van der Waals surface area contributed by atoms with Gasteiger partial charge in [-0.05, 0) is 39.2 Å². The molecule has 0 bridgehead atoms. The molecule has 1 saturated heterocycles. The van der Waals surface area contributed by atoms with Crippen molar-refractivity contribution in [1.82, 2.24) is 5.32 Å². The number of aliphatic hydroxyl groups is 1. The standard InChI is InChI=1S/C17H40N2O22P6/c1-14-13-15(20)17(35-14)36-43(24,25)38-45(28,29)40-47(32,33)41-46(30,31)39-44(26,27)37-42(22,23)34-12-8-3-2-7-11-19-16(21)9-5-4-6-10-18/h14-15,17,20H,2-13,18H2,1H3,(H,19,21)(H,22,23)(H,24,25)(H,26,27)(H,28,29)(H,30,31)(H,32,33)/t14-,15+,17+/m0/s1. The maximum Gasteiger partial charge on any atom is 0.490 e. The molecule has 1 aliphatic rings. The van der Waals surface area contributed by atoms with Crippen LogP contribution in [-0.4, -0.2) is 78.6 Å². The summed E-state index contributed by atoms with van der Waals surface area (Å²) < 4.78 is 104. The number of nitrogens with two attached hydrogens (primary N) is 1. The maximum absolute atomic E-state index is 12.0. The Labute approximate surface area is 268 Å². The fourth-order valence-electron chi connectivity index (χ4n) is 3.49.